The number of hydrogen-bond donors (Lipinski definition) is 2. The molecule has 2 aromatic rings. The van der Waals surface area contributed by atoms with Crippen molar-refractivity contribution in [1.29, 1.82) is 0 Å². The van der Waals surface area contributed by atoms with E-state index in [0.717, 1.165) is 33.5 Å². The second-order valence-corrected chi connectivity index (χ2v) is 17.2. The van der Waals surface area contributed by atoms with Gasteiger partial charge in [-0.3, -0.25) is 4.57 Å². The summed E-state index contributed by atoms with van der Waals surface area (Å²) in [5.41, 5.74) is 3.98. The van der Waals surface area contributed by atoms with E-state index in [-0.39, 0.29) is 41.2 Å². The van der Waals surface area contributed by atoms with Gasteiger partial charge in [-0.2, -0.15) is 0 Å². The zero-order chi connectivity index (χ0) is 31.8. The van der Waals surface area contributed by atoms with Gasteiger partial charge in [-0.25, -0.2) is 0 Å². The first-order chi connectivity index (χ1) is 18.4. The summed E-state index contributed by atoms with van der Waals surface area (Å²) in [7, 11) is -3.49. The molecule has 0 aliphatic rings. The molecular weight excluding hydrogens is 533 g/mol. The number of phenols is 2. The predicted octanol–water partition coefficient (Wildman–Crippen LogP) is 9.52. The second-order valence-electron chi connectivity index (χ2n) is 15.2. The molecule has 2 N–H and O–H groups in total. The van der Waals surface area contributed by atoms with Crippen molar-refractivity contribution in [3.8, 4) is 11.5 Å². The molecule has 0 spiro atoms. The van der Waals surface area contributed by atoms with E-state index in [9.17, 15) is 14.8 Å². The third-order valence-electron chi connectivity index (χ3n) is 7.23. The summed E-state index contributed by atoms with van der Waals surface area (Å²) in [4.78, 5) is 2.04. The molecule has 0 atom stereocenters. The fraction of sp³-hybridized carbons (Fsp3) is 0.647. The fourth-order valence-corrected chi connectivity index (χ4v) is 6.74. The zero-order valence-corrected chi connectivity index (χ0v) is 29.0. The Kier molecular flexibility index (Phi) is 10.6. The van der Waals surface area contributed by atoms with Crippen LogP contribution in [0.3, 0.4) is 0 Å². The Morgan fingerprint density at radius 3 is 1.24 bits per heavy atom. The van der Waals surface area contributed by atoms with E-state index in [2.05, 4.69) is 95.2 Å². The van der Waals surface area contributed by atoms with Crippen LogP contribution in [-0.2, 0) is 41.8 Å². The minimum absolute atomic E-state index is 0.0448. The Morgan fingerprint density at radius 1 is 0.634 bits per heavy atom. The number of aromatic hydroxyl groups is 2. The molecule has 0 saturated carbocycles. The van der Waals surface area contributed by atoms with Crippen LogP contribution in [0.25, 0.3) is 0 Å². The van der Waals surface area contributed by atoms with Gasteiger partial charge in [0, 0.05) is 23.4 Å². The third-order valence-corrected chi connectivity index (χ3v) is 9.22. The topological polar surface area (TPSA) is 79.2 Å². The Morgan fingerprint density at radius 2 is 0.951 bits per heavy atom. The van der Waals surface area contributed by atoms with Crippen LogP contribution in [0.1, 0.15) is 125 Å². The largest absolute Gasteiger partial charge is 0.507 e. The van der Waals surface area contributed by atoms with Crippen molar-refractivity contribution >= 4 is 13.3 Å². The zero-order valence-electron chi connectivity index (χ0n) is 28.2. The van der Waals surface area contributed by atoms with E-state index in [4.69, 9.17) is 9.05 Å². The fourth-order valence-electron chi connectivity index (χ4n) is 5.04. The van der Waals surface area contributed by atoms with E-state index in [1.54, 1.807) is 0 Å². The summed E-state index contributed by atoms with van der Waals surface area (Å²) >= 11 is 0. The lowest BCUT2D eigenvalue weighted by atomic mass is 9.78. The highest BCUT2D eigenvalue weighted by molar-refractivity contribution is 7.53. The molecule has 0 saturated heterocycles. The average Bonchev–Trinajstić information content (AvgIpc) is 2.77. The summed E-state index contributed by atoms with van der Waals surface area (Å²) in [6.07, 6.45) is 0.0448. The highest BCUT2D eigenvalue weighted by Crippen LogP contribution is 2.51. The van der Waals surface area contributed by atoms with Gasteiger partial charge in [0.15, 0.2) is 0 Å². The molecule has 6 nitrogen and oxygen atoms in total. The number of anilines is 1. The number of rotatable bonds is 9. The standard InChI is InChI=1S/C34H56NO5P/c1-15-39-41(38,40-16-2)22-35(24-19-27(33(9,10)11)30(37)28(20-24)34(12,13)14)21-23-17-25(31(3,4)5)29(36)26(18-23)32(6,7)8/h17-20,36-37H,15-16,21-22H2,1-14H3. The van der Waals surface area contributed by atoms with Gasteiger partial charge in [0.05, 0.1) is 13.2 Å². The van der Waals surface area contributed by atoms with Crippen LogP contribution in [0.2, 0.25) is 0 Å². The van der Waals surface area contributed by atoms with E-state index >= 15 is 0 Å². The Bertz CT molecular complexity index is 1180. The molecule has 0 fully saturated rings. The van der Waals surface area contributed by atoms with Gasteiger partial charge in [0.25, 0.3) is 0 Å². The average molecular weight is 590 g/mol. The summed E-state index contributed by atoms with van der Waals surface area (Å²) in [6, 6.07) is 8.12. The number of nitrogens with zero attached hydrogens (tertiary/aromatic N) is 1. The molecule has 2 aromatic carbocycles. The van der Waals surface area contributed by atoms with Crippen LogP contribution in [0, 0.1) is 0 Å². The van der Waals surface area contributed by atoms with Gasteiger partial charge in [-0.15, -0.1) is 0 Å². The highest BCUT2D eigenvalue weighted by atomic mass is 31.2. The van der Waals surface area contributed by atoms with Gasteiger partial charge in [0.1, 0.15) is 17.8 Å². The second kappa shape index (κ2) is 12.3. The first kappa shape index (κ1) is 35.2. The molecule has 232 valence electrons. The summed E-state index contributed by atoms with van der Waals surface area (Å²) < 4.78 is 25.5. The molecule has 0 bridgehead atoms. The van der Waals surface area contributed by atoms with Crippen molar-refractivity contribution in [3.63, 3.8) is 0 Å². The molecule has 0 aromatic heterocycles. The van der Waals surface area contributed by atoms with E-state index in [1.165, 1.54) is 0 Å². The minimum Gasteiger partial charge on any atom is -0.507 e. The molecule has 0 heterocycles. The maximum atomic E-state index is 13.9. The highest BCUT2D eigenvalue weighted by Gasteiger charge is 2.33. The van der Waals surface area contributed by atoms with Crippen molar-refractivity contribution in [3.05, 3.63) is 52.1 Å². The lowest BCUT2D eigenvalue weighted by Crippen LogP contribution is -2.28. The minimum atomic E-state index is -3.49. The van der Waals surface area contributed by atoms with Crippen molar-refractivity contribution in [1.82, 2.24) is 0 Å². The molecule has 0 aliphatic heterocycles. The predicted molar refractivity (Wildman–Crippen MR) is 173 cm³/mol. The maximum Gasteiger partial charge on any atom is 0.349 e. The smallest absolute Gasteiger partial charge is 0.349 e. The molecule has 2 rings (SSSR count). The lowest BCUT2D eigenvalue weighted by Gasteiger charge is -2.34. The van der Waals surface area contributed by atoms with Gasteiger partial charge in [-0.05, 0) is 76.5 Å². The molecule has 0 amide bonds. The first-order valence-electron chi connectivity index (χ1n) is 14.8. The molecule has 0 radical (unpaired) electrons. The molecule has 0 aliphatic carbocycles. The van der Waals surface area contributed by atoms with Crippen LogP contribution in [0.4, 0.5) is 5.69 Å². The molecule has 41 heavy (non-hydrogen) atoms. The van der Waals surface area contributed by atoms with Gasteiger partial charge in [0.2, 0.25) is 0 Å². The number of phenolic OH excluding ortho intramolecular Hbond substituents is 2. The summed E-state index contributed by atoms with van der Waals surface area (Å²) in [5.74, 6) is 0.616. The number of hydrogen-bond acceptors (Lipinski definition) is 6. The van der Waals surface area contributed by atoms with Crippen molar-refractivity contribution in [2.45, 2.75) is 125 Å². The van der Waals surface area contributed by atoms with E-state index < -0.39 is 7.60 Å². The monoisotopic (exact) mass is 589 g/mol. The summed E-state index contributed by atoms with van der Waals surface area (Å²) in [6.45, 7) is 29.7. The molecular formula is C34H56NO5P. The van der Waals surface area contributed by atoms with E-state index in [0.29, 0.717) is 18.0 Å². The first-order valence-corrected chi connectivity index (χ1v) is 16.5. The normalized spacial score (nSPS) is 13.5. The van der Waals surface area contributed by atoms with Crippen molar-refractivity contribution in [2.24, 2.45) is 0 Å². The summed E-state index contributed by atoms with van der Waals surface area (Å²) in [5, 5.41) is 22.7. The quantitative estimate of drug-likeness (QED) is 0.284. The van der Waals surface area contributed by atoms with Crippen LogP contribution in [0.15, 0.2) is 24.3 Å². The van der Waals surface area contributed by atoms with Crippen LogP contribution in [-0.4, -0.2) is 29.7 Å². The Balaban J connectivity index is 2.91. The maximum absolute atomic E-state index is 13.9. The van der Waals surface area contributed by atoms with Gasteiger partial charge < -0.3 is 24.2 Å². The molecule has 0 unspecified atom stereocenters. The van der Waals surface area contributed by atoms with E-state index in [1.807, 2.05) is 30.9 Å². The lowest BCUT2D eigenvalue weighted by molar-refractivity contribution is 0.220. The van der Waals surface area contributed by atoms with Gasteiger partial charge in [-0.1, -0.05) is 83.1 Å². The van der Waals surface area contributed by atoms with Crippen molar-refractivity contribution in [2.75, 3.05) is 24.4 Å². The Labute approximate surface area is 250 Å². The number of benzene rings is 2. The molecule has 7 heteroatoms. The van der Waals surface area contributed by atoms with Gasteiger partial charge >= 0.3 is 7.60 Å². The Hall–Kier alpha value is -2.01. The SMILES string of the molecule is CCOP(=O)(CN(Cc1cc(C(C)(C)C)c(O)c(C(C)(C)C)c1)c1cc(C(C)(C)C)c(O)c(C(C)(C)C)c1)OCC. The van der Waals surface area contributed by atoms with Crippen LogP contribution < -0.4 is 4.90 Å². The van der Waals surface area contributed by atoms with Crippen molar-refractivity contribution < 1.29 is 23.8 Å². The third kappa shape index (κ3) is 8.75. The van der Waals surface area contributed by atoms with Crippen LogP contribution >= 0.6 is 7.60 Å². The van der Waals surface area contributed by atoms with Crippen LogP contribution in [0.5, 0.6) is 11.5 Å².